The van der Waals surface area contributed by atoms with Gasteiger partial charge in [-0.1, -0.05) is 25.1 Å². The average Bonchev–Trinajstić information content (AvgIpc) is 2.34. The van der Waals surface area contributed by atoms with Crippen LogP contribution in [0.3, 0.4) is 0 Å². The van der Waals surface area contributed by atoms with Crippen LogP contribution in [-0.4, -0.2) is 33.8 Å². The number of rotatable bonds is 2. The van der Waals surface area contributed by atoms with E-state index in [9.17, 15) is 8.42 Å². The van der Waals surface area contributed by atoms with Crippen molar-refractivity contribution in [3.63, 3.8) is 0 Å². The Labute approximate surface area is 109 Å². The highest BCUT2D eigenvalue weighted by atomic mass is 32.2. The van der Waals surface area contributed by atoms with E-state index in [0.29, 0.717) is 13.0 Å². The minimum atomic E-state index is -3.04. The Balaban J connectivity index is 2.14. The molecule has 0 atom stereocenters. The van der Waals surface area contributed by atoms with Crippen molar-refractivity contribution in [2.24, 2.45) is 0 Å². The Morgan fingerprint density at radius 3 is 2.83 bits per heavy atom. The first-order chi connectivity index (χ1) is 8.62. The van der Waals surface area contributed by atoms with E-state index in [1.54, 1.807) is 0 Å². The van der Waals surface area contributed by atoms with E-state index in [1.807, 2.05) is 6.07 Å². The first-order valence-electron chi connectivity index (χ1n) is 6.42. The fraction of sp³-hybridized carbons (Fsp3) is 0.538. The number of benzene rings is 1. The fourth-order valence-corrected chi connectivity index (χ4v) is 3.38. The van der Waals surface area contributed by atoms with Crippen molar-refractivity contribution in [3.05, 3.63) is 29.8 Å². The highest BCUT2D eigenvalue weighted by molar-refractivity contribution is 7.89. The van der Waals surface area contributed by atoms with Gasteiger partial charge in [0, 0.05) is 25.3 Å². The molecule has 0 unspecified atom stereocenters. The molecule has 1 N–H and O–H groups in total. The molecule has 1 aromatic carbocycles. The summed E-state index contributed by atoms with van der Waals surface area (Å²) in [6, 6.07) is 8.35. The number of aryl methyl sites for hydroxylation is 1. The van der Waals surface area contributed by atoms with E-state index in [2.05, 4.69) is 34.7 Å². The van der Waals surface area contributed by atoms with Crippen LogP contribution in [0.4, 0.5) is 5.69 Å². The lowest BCUT2D eigenvalue weighted by Gasteiger charge is -2.29. The molecular weight excluding hydrogens is 248 g/mol. The highest BCUT2D eigenvalue weighted by Gasteiger charge is 2.17. The smallest absolute Gasteiger partial charge is 0.211 e. The third-order valence-electron chi connectivity index (χ3n) is 3.26. The first-order valence-corrected chi connectivity index (χ1v) is 8.08. The van der Waals surface area contributed by atoms with Gasteiger partial charge in [0.15, 0.2) is 0 Å². The van der Waals surface area contributed by atoms with Crippen LogP contribution in [-0.2, 0) is 16.4 Å². The summed E-state index contributed by atoms with van der Waals surface area (Å²) in [5.41, 5.74) is 2.56. The van der Waals surface area contributed by atoms with Gasteiger partial charge in [0.25, 0.3) is 0 Å². The van der Waals surface area contributed by atoms with Crippen molar-refractivity contribution < 1.29 is 8.42 Å². The monoisotopic (exact) mass is 268 g/mol. The second kappa shape index (κ2) is 5.71. The van der Waals surface area contributed by atoms with Crippen LogP contribution in [0.25, 0.3) is 0 Å². The molecule has 0 aromatic heterocycles. The SMILES string of the molecule is CCc1ccccc1N1CCCS(=O)(=O)NCC1. The lowest BCUT2D eigenvalue weighted by molar-refractivity contribution is 0.570. The molecule has 1 aliphatic rings. The number of nitrogens with one attached hydrogen (secondary N) is 1. The number of hydrogen-bond donors (Lipinski definition) is 1. The first kappa shape index (κ1) is 13.4. The van der Waals surface area contributed by atoms with Crippen LogP contribution in [0.2, 0.25) is 0 Å². The molecule has 0 radical (unpaired) electrons. The van der Waals surface area contributed by atoms with Crippen molar-refractivity contribution in [2.45, 2.75) is 19.8 Å². The molecule has 4 nitrogen and oxygen atoms in total. The van der Waals surface area contributed by atoms with Gasteiger partial charge < -0.3 is 4.90 Å². The molecule has 0 saturated carbocycles. The molecule has 5 heteroatoms. The molecule has 0 amide bonds. The Hall–Kier alpha value is -1.07. The van der Waals surface area contributed by atoms with Crippen molar-refractivity contribution in [3.8, 4) is 0 Å². The maximum Gasteiger partial charge on any atom is 0.211 e. The van der Waals surface area contributed by atoms with E-state index in [0.717, 1.165) is 19.5 Å². The number of anilines is 1. The van der Waals surface area contributed by atoms with Crippen molar-refractivity contribution in [2.75, 3.05) is 30.3 Å². The molecule has 1 heterocycles. The lowest BCUT2D eigenvalue weighted by Crippen LogP contribution is -2.40. The number of hydrogen-bond acceptors (Lipinski definition) is 3. The van der Waals surface area contributed by atoms with Gasteiger partial charge >= 0.3 is 0 Å². The minimum absolute atomic E-state index is 0.220. The second-order valence-electron chi connectivity index (χ2n) is 4.54. The molecule has 18 heavy (non-hydrogen) atoms. The van der Waals surface area contributed by atoms with Crippen LogP contribution >= 0.6 is 0 Å². The summed E-state index contributed by atoms with van der Waals surface area (Å²) < 4.78 is 25.5. The van der Waals surface area contributed by atoms with E-state index in [1.165, 1.54) is 11.3 Å². The molecule has 1 saturated heterocycles. The van der Waals surface area contributed by atoms with Crippen LogP contribution in [0.5, 0.6) is 0 Å². The van der Waals surface area contributed by atoms with Gasteiger partial charge in [0.1, 0.15) is 0 Å². The van der Waals surface area contributed by atoms with Gasteiger partial charge in [-0.05, 0) is 24.5 Å². The molecule has 0 aliphatic carbocycles. The van der Waals surface area contributed by atoms with Crippen molar-refractivity contribution >= 4 is 15.7 Å². The summed E-state index contributed by atoms with van der Waals surface area (Å²) in [5.74, 6) is 0.220. The van der Waals surface area contributed by atoms with Gasteiger partial charge in [-0.15, -0.1) is 0 Å². The van der Waals surface area contributed by atoms with Crippen LogP contribution in [0.1, 0.15) is 18.9 Å². The number of sulfonamides is 1. The summed E-state index contributed by atoms with van der Waals surface area (Å²) in [6.07, 6.45) is 1.67. The Kier molecular flexibility index (Phi) is 4.24. The third kappa shape index (κ3) is 3.23. The number of para-hydroxylation sites is 1. The molecular formula is C13H20N2O2S. The van der Waals surface area contributed by atoms with E-state index in [-0.39, 0.29) is 5.75 Å². The van der Waals surface area contributed by atoms with Gasteiger partial charge in [-0.3, -0.25) is 0 Å². The Morgan fingerprint density at radius 1 is 1.28 bits per heavy atom. The molecule has 0 spiro atoms. The number of nitrogens with zero attached hydrogens (tertiary/aromatic N) is 1. The molecule has 1 aliphatic heterocycles. The zero-order chi connectivity index (χ0) is 13.0. The normalized spacial score (nSPS) is 20.2. The summed E-state index contributed by atoms with van der Waals surface area (Å²) >= 11 is 0. The minimum Gasteiger partial charge on any atom is -0.370 e. The molecule has 0 bridgehead atoms. The lowest BCUT2D eigenvalue weighted by atomic mass is 10.1. The molecule has 100 valence electrons. The summed E-state index contributed by atoms with van der Waals surface area (Å²) in [7, 11) is -3.04. The third-order valence-corrected chi connectivity index (χ3v) is 4.73. The highest BCUT2D eigenvalue weighted by Crippen LogP contribution is 2.21. The van der Waals surface area contributed by atoms with E-state index < -0.39 is 10.0 Å². The maximum absolute atomic E-state index is 11.5. The summed E-state index contributed by atoms with van der Waals surface area (Å²) in [6.45, 7) is 4.17. The Bertz CT molecular complexity index is 483. The zero-order valence-electron chi connectivity index (χ0n) is 10.7. The molecule has 1 aromatic rings. The van der Waals surface area contributed by atoms with Crippen LogP contribution < -0.4 is 9.62 Å². The molecule has 1 fully saturated rings. The maximum atomic E-state index is 11.5. The second-order valence-corrected chi connectivity index (χ2v) is 6.46. The van der Waals surface area contributed by atoms with Crippen molar-refractivity contribution in [1.29, 1.82) is 0 Å². The standard InChI is InChI=1S/C13H20N2O2S/c1-2-12-6-3-4-7-13(12)15-9-5-11-18(16,17)14-8-10-15/h3-4,6-7,14H,2,5,8-11H2,1H3. The van der Waals surface area contributed by atoms with Crippen LogP contribution in [0, 0.1) is 0 Å². The van der Waals surface area contributed by atoms with Gasteiger partial charge in [0.2, 0.25) is 10.0 Å². The Morgan fingerprint density at radius 2 is 2.06 bits per heavy atom. The molecule has 2 rings (SSSR count). The summed E-state index contributed by atoms with van der Waals surface area (Å²) in [4.78, 5) is 2.28. The quantitative estimate of drug-likeness (QED) is 0.881. The predicted molar refractivity (Wildman–Crippen MR) is 74.4 cm³/mol. The van der Waals surface area contributed by atoms with E-state index >= 15 is 0 Å². The topological polar surface area (TPSA) is 49.4 Å². The zero-order valence-corrected chi connectivity index (χ0v) is 11.5. The van der Waals surface area contributed by atoms with E-state index in [4.69, 9.17) is 0 Å². The summed E-state index contributed by atoms with van der Waals surface area (Å²) in [5, 5.41) is 0. The van der Waals surface area contributed by atoms with Crippen molar-refractivity contribution in [1.82, 2.24) is 4.72 Å². The average molecular weight is 268 g/mol. The largest absolute Gasteiger partial charge is 0.370 e. The van der Waals surface area contributed by atoms with Gasteiger partial charge in [-0.2, -0.15) is 0 Å². The fourth-order valence-electron chi connectivity index (χ4n) is 2.32. The van der Waals surface area contributed by atoms with Crippen LogP contribution in [0.15, 0.2) is 24.3 Å². The predicted octanol–water partition coefficient (Wildman–Crippen LogP) is 1.38. The van der Waals surface area contributed by atoms with Gasteiger partial charge in [0.05, 0.1) is 5.75 Å². The van der Waals surface area contributed by atoms with Gasteiger partial charge in [-0.25, -0.2) is 13.1 Å².